The van der Waals surface area contributed by atoms with Crippen LogP contribution in [0.1, 0.15) is 24.1 Å². The quantitative estimate of drug-likeness (QED) is 0.880. The number of quaternary nitrogens is 1. The number of amides is 1. The van der Waals surface area contributed by atoms with Crippen LogP contribution in [0.15, 0.2) is 30.3 Å². The smallest absolute Gasteiger partial charge is 0.226 e. The second-order valence-electron chi connectivity index (χ2n) is 6.22. The van der Waals surface area contributed by atoms with Crippen molar-refractivity contribution in [2.24, 2.45) is 11.7 Å². The summed E-state index contributed by atoms with van der Waals surface area (Å²) in [5.41, 5.74) is 8.41. The van der Waals surface area contributed by atoms with Gasteiger partial charge in [-0.3, -0.25) is 4.79 Å². The molecular weight excluding hydrogens is 312 g/mol. The molecule has 0 aliphatic carbocycles. The van der Waals surface area contributed by atoms with E-state index in [1.54, 1.807) is 4.68 Å². The first-order chi connectivity index (χ1) is 11.1. The molecule has 2 atom stereocenters. The van der Waals surface area contributed by atoms with E-state index < -0.39 is 0 Å². The highest BCUT2D eigenvalue weighted by molar-refractivity contribution is 6.30. The van der Waals surface area contributed by atoms with Crippen molar-refractivity contribution in [1.82, 2.24) is 9.78 Å². The maximum Gasteiger partial charge on any atom is 0.226 e. The summed E-state index contributed by atoms with van der Waals surface area (Å²) in [6, 6.07) is 9.87. The Kier molecular flexibility index (Phi) is 4.68. The summed E-state index contributed by atoms with van der Waals surface area (Å²) >= 11 is 6.58. The summed E-state index contributed by atoms with van der Waals surface area (Å²) in [4.78, 5) is 12.8. The lowest BCUT2D eigenvalue weighted by Crippen LogP contribution is -3.12. The van der Waals surface area contributed by atoms with Crippen molar-refractivity contribution in [3.8, 4) is 5.69 Å². The summed E-state index contributed by atoms with van der Waals surface area (Å²) < 4.78 is 1.78. The lowest BCUT2D eigenvalue weighted by molar-refractivity contribution is -0.921. The largest absolute Gasteiger partial charge is 0.369 e. The third kappa shape index (κ3) is 3.41. The van der Waals surface area contributed by atoms with Gasteiger partial charge in [-0.25, -0.2) is 4.68 Å². The van der Waals surface area contributed by atoms with Crippen LogP contribution in [0.2, 0.25) is 5.15 Å². The number of primary amides is 1. The second-order valence-corrected chi connectivity index (χ2v) is 6.58. The number of aromatic nitrogens is 2. The Labute approximate surface area is 141 Å². The van der Waals surface area contributed by atoms with Gasteiger partial charge >= 0.3 is 0 Å². The molecule has 6 heteroatoms. The highest BCUT2D eigenvalue weighted by Gasteiger charge is 2.29. The van der Waals surface area contributed by atoms with Gasteiger partial charge in [0.2, 0.25) is 5.91 Å². The molecule has 3 N–H and O–H groups in total. The number of piperidine rings is 1. The molecule has 1 saturated heterocycles. The number of benzene rings is 1. The number of rotatable bonds is 4. The summed E-state index contributed by atoms with van der Waals surface area (Å²) in [6.45, 7) is 4.58. The van der Waals surface area contributed by atoms with E-state index in [-0.39, 0.29) is 11.8 Å². The van der Waals surface area contributed by atoms with Crippen molar-refractivity contribution < 1.29 is 9.69 Å². The van der Waals surface area contributed by atoms with Gasteiger partial charge in [-0.2, -0.15) is 5.10 Å². The highest BCUT2D eigenvalue weighted by atomic mass is 35.5. The zero-order valence-electron chi connectivity index (χ0n) is 13.3. The van der Waals surface area contributed by atoms with Crippen LogP contribution in [0.5, 0.6) is 0 Å². The molecule has 1 aromatic heterocycles. The average molecular weight is 334 g/mol. The van der Waals surface area contributed by atoms with Crippen LogP contribution in [0.3, 0.4) is 0 Å². The number of carbonyl (C=O) groups excluding carboxylic acids is 1. The first kappa shape index (κ1) is 16.0. The van der Waals surface area contributed by atoms with Crippen molar-refractivity contribution in [3.05, 3.63) is 46.7 Å². The number of hydrogen-bond donors (Lipinski definition) is 2. The molecule has 0 radical (unpaired) electrons. The lowest BCUT2D eigenvalue weighted by Gasteiger charge is -2.28. The van der Waals surface area contributed by atoms with Gasteiger partial charge in [0.25, 0.3) is 0 Å². The highest BCUT2D eigenvalue weighted by Crippen LogP contribution is 2.23. The number of likely N-dealkylation sites (tertiary alicyclic amines) is 1. The van der Waals surface area contributed by atoms with E-state index in [0.717, 1.165) is 49.4 Å². The predicted octanol–water partition coefficient (Wildman–Crippen LogP) is 1.11. The maximum absolute atomic E-state index is 11.4. The minimum Gasteiger partial charge on any atom is -0.369 e. The Balaban J connectivity index is 1.81. The molecule has 5 nitrogen and oxygen atoms in total. The van der Waals surface area contributed by atoms with E-state index in [0.29, 0.717) is 5.15 Å². The van der Waals surface area contributed by atoms with Crippen LogP contribution in [-0.2, 0) is 11.3 Å². The molecule has 0 saturated carbocycles. The lowest BCUT2D eigenvalue weighted by atomic mass is 9.97. The third-order valence-electron chi connectivity index (χ3n) is 4.57. The molecule has 1 aromatic carbocycles. The number of para-hydroxylation sites is 1. The monoisotopic (exact) mass is 333 g/mol. The summed E-state index contributed by atoms with van der Waals surface area (Å²) in [5.74, 6) is -0.216. The first-order valence-electron chi connectivity index (χ1n) is 7.98. The van der Waals surface area contributed by atoms with Crippen molar-refractivity contribution in [3.63, 3.8) is 0 Å². The van der Waals surface area contributed by atoms with Crippen LogP contribution >= 0.6 is 11.6 Å². The van der Waals surface area contributed by atoms with E-state index in [4.69, 9.17) is 17.3 Å². The van der Waals surface area contributed by atoms with Gasteiger partial charge in [0, 0.05) is 0 Å². The van der Waals surface area contributed by atoms with E-state index in [1.807, 2.05) is 37.3 Å². The summed E-state index contributed by atoms with van der Waals surface area (Å²) in [7, 11) is 0. The van der Waals surface area contributed by atoms with Gasteiger partial charge in [0.15, 0.2) is 0 Å². The molecule has 1 amide bonds. The van der Waals surface area contributed by atoms with Crippen LogP contribution in [-0.4, -0.2) is 28.8 Å². The van der Waals surface area contributed by atoms with Crippen molar-refractivity contribution in [2.45, 2.75) is 26.3 Å². The Hall–Kier alpha value is -1.85. The zero-order valence-corrected chi connectivity index (χ0v) is 14.0. The van der Waals surface area contributed by atoms with Crippen LogP contribution in [0.4, 0.5) is 0 Å². The number of carbonyl (C=O) groups is 1. The minimum absolute atomic E-state index is 0.0259. The molecule has 2 aromatic rings. The van der Waals surface area contributed by atoms with Gasteiger partial charge in [0.05, 0.1) is 36.0 Å². The Morgan fingerprint density at radius 3 is 2.87 bits per heavy atom. The predicted molar refractivity (Wildman–Crippen MR) is 89.6 cm³/mol. The summed E-state index contributed by atoms with van der Waals surface area (Å²) in [6.07, 6.45) is 1.92. The van der Waals surface area contributed by atoms with Gasteiger partial charge in [-0.1, -0.05) is 29.8 Å². The molecule has 3 rings (SSSR count). The fraction of sp³-hybridized carbons (Fsp3) is 0.412. The molecule has 1 aliphatic heterocycles. The number of nitrogens with zero attached hydrogens (tertiary/aromatic N) is 2. The molecule has 1 fully saturated rings. The molecule has 2 heterocycles. The zero-order chi connectivity index (χ0) is 16.4. The maximum atomic E-state index is 11.4. The third-order valence-corrected chi connectivity index (χ3v) is 4.96. The molecule has 23 heavy (non-hydrogen) atoms. The van der Waals surface area contributed by atoms with E-state index >= 15 is 0 Å². The van der Waals surface area contributed by atoms with Gasteiger partial charge < -0.3 is 10.6 Å². The number of hydrogen-bond acceptors (Lipinski definition) is 2. The molecule has 0 spiro atoms. The fourth-order valence-electron chi connectivity index (χ4n) is 3.28. The van der Waals surface area contributed by atoms with Gasteiger partial charge in [-0.15, -0.1) is 0 Å². The van der Waals surface area contributed by atoms with E-state index in [2.05, 4.69) is 5.10 Å². The number of nitrogens with two attached hydrogens (primary N) is 1. The molecule has 1 unspecified atom stereocenters. The van der Waals surface area contributed by atoms with Gasteiger partial charge in [0.1, 0.15) is 11.7 Å². The Morgan fingerprint density at radius 1 is 1.43 bits per heavy atom. The Bertz CT molecular complexity index is 698. The number of nitrogens with one attached hydrogen (secondary N) is 1. The van der Waals surface area contributed by atoms with Crippen LogP contribution in [0, 0.1) is 12.8 Å². The number of halogens is 1. The normalized spacial score (nSPS) is 21.3. The number of aryl methyl sites for hydroxylation is 1. The van der Waals surface area contributed by atoms with Gasteiger partial charge in [-0.05, 0) is 31.9 Å². The molecular formula is C17H22ClN4O+. The minimum atomic E-state index is -0.190. The van der Waals surface area contributed by atoms with Crippen molar-refractivity contribution in [1.29, 1.82) is 0 Å². The van der Waals surface area contributed by atoms with E-state index in [1.165, 1.54) is 4.90 Å². The second kappa shape index (κ2) is 6.72. The van der Waals surface area contributed by atoms with Crippen LogP contribution in [0.25, 0.3) is 5.69 Å². The SMILES string of the molecule is Cc1nn(-c2ccccc2)c(Cl)c1C[NH+]1CCC[C@@H](C(N)=O)C1. The molecule has 1 aliphatic rings. The standard InChI is InChI=1S/C17H21ClN4O/c1-12-15(11-21-9-5-6-13(10-21)17(19)23)16(18)22(20-12)14-7-3-2-4-8-14/h2-4,7-8,13H,5-6,9-11H2,1H3,(H2,19,23)/p+1/t13-/m1/s1. The molecule has 122 valence electrons. The average Bonchev–Trinajstić information content (AvgIpc) is 2.84. The van der Waals surface area contributed by atoms with Crippen LogP contribution < -0.4 is 10.6 Å². The summed E-state index contributed by atoms with van der Waals surface area (Å²) in [5, 5.41) is 5.23. The Morgan fingerprint density at radius 2 is 2.17 bits per heavy atom. The fourth-order valence-corrected chi connectivity index (χ4v) is 3.62. The topological polar surface area (TPSA) is 65.3 Å². The van der Waals surface area contributed by atoms with E-state index in [9.17, 15) is 4.79 Å². The van der Waals surface area contributed by atoms with Crippen molar-refractivity contribution in [2.75, 3.05) is 13.1 Å². The molecule has 0 bridgehead atoms. The first-order valence-corrected chi connectivity index (χ1v) is 8.36. The van der Waals surface area contributed by atoms with Crippen molar-refractivity contribution >= 4 is 17.5 Å².